The van der Waals surface area contributed by atoms with E-state index in [1.807, 2.05) is 13.8 Å². The van der Waals surface area contributed by atoms with E-state index in [2.05, 4.69) is 5.32 Å². The molecule has 0 bridgehead atoms. The van der Waals surface area contributed by atoms with Gasteiger partial charge >= 0.3 is 0 Å². The molecule has 1 saturated heterocycles. The summed E-state index contributed by atoms with van der Waals surface area (Å²) in [5, 5.41) is 2.83. The molecule has 1 aliphatic heterocycles. The molecule has 0 saturated carbocycles. The van der Waals surface area contributed by atoms with Crippen LogP contribution in [-0.2, 0) is 10.0 Å². The maximum Gasteiger partial charge on any atom is 0.251 e. The van der Waals surface area contributed by atoms with Crippen LogP contribution in [0.5, 0.6) is 0 Å². The molecule has 1 aromatic rings. The van der Waals surface area contributed by atoms with Crippen molar-refractivity contribution in [2.75, 3.05) is 19.6 Å². The van der Waals surface area contributed by atoms with Crippen LogP contribution in [0.15, 0.2) is 29.2 Å². The number of benzene rings is 1. The Hall–Kier alpha value is -1.44. The predicted molar refractivity (Wildman–Crippen MR) is 98.9 cm³/mol. The summed E-state index contributed by atoms with van der Waals surface area (Å²) in [6.45, 7) is 5.42. The standard InChI is InChI=1S/C18H29N3O3S/c1-3-18(19,4-2)14-20-17(22)15-9-8-10-16(13-15)25(23,24)21-11-6-5-7-12-21/h8-10,13H,3-7,11-12,14,19H2,1-2H3,(H,20,22). The zero-order valence-corrected chi connectivity index (χ0v) is 15.9. The van der Waals surface area contributed by atoms with Crippen molar-refractivity contribution < 1.29 is 13.2 Å². The lowest BCUT2D eigenvalue weighted by atomic mass is 9.94. The van der Waals surface area contributed by atoms with Crippen LogP contribution in [0.2, 0.25) is 0 Å². The number of rotatable bonds is 7. The lowest BCUT2D eigenvalue weighted by Crippen LogP contribution is -2.49. The molecule has 1 amide bonds. The topological polar surface area (TPSA) is 92.5 Å². The Morgan fingerprint density at radius 3 is 2.44 bits per heavy atom. The van der Waals surface area contributed by atoms with E-state index in [9.17, 15) is 13.2 Å². The van der Waals surface area contributed by atoms with Gasteiger partial charge in [-0.2, -0.15) is 4.31 Å². The van der Waals surface area contributed by atoms with Crippen molar-refractivity contribution in [1.82, 2.24) is 9.62 Å². The number of sulfonamides is 1. The fourth-order valence-electron chi connectivity index (χ4n) is 2.91. The van der Waals surface area contributed by atoms with E-state index in [-0.39, 0.29) is 10.8 Å². The molecular weight excluding hydrogens is 338 g/mol. The lowest BCUT2D eigenvalue weighted by Gasteiger charge is -2.27. The van der Waals surface area contributed by atoms with Gasteiger partial charge in [-0.15, -0.1) is 0 Å². The molecule has 1 aliphatic rings. The lowest BCUT2D eigenvalue weighted by molar-refractivity contribution is 0.0942. The van der Waals surface area contributed by atoms with E-state index < -0.39 is 15.6 Å². The molecule has 0 radical (unpaired) electrons. The highest BCUT2D eigenvalue weighted by Gasteiger charge is 2.27. The SMILES string of the molecule is CCC(N)(CC)CNC(=O)c1cccc(S(=O)(=O)N2CCCCC2)c1. The number of amides is 1. The normalized spacial score (nSPS) is 16.6. The van der Waals surface area contributed by atoms with Crippen molar-refractivity contribution in [1.29, 1.82) is 0 Å². The average molecular weight is 368 g/mol. The zero-order valence-electron chi connectivity index (χ0n) is 15.1. The summed E-state index contributed by atoms with van der Waals surface area (Å²) in [6, 6.07) is 6.24. The molecule has 0 spiro atoms. The van der Waals surface area contributed by atoms with E-state index in [0.29, 0.717) is 25.2 Å². The van der Waals surface area contributed by atoms with Crippen LogP contribution in [-0.4, -0.2) is 43.8 Å². The maximum atomic E-state index is 12.7. The first-order valence-electron chi connectivity index (χ1n) is 9.00. The summed E-state index contributed by atoms with van der Waals surface area (Å²) in [6.07, 6.45) is 4.34. The second kappa shape index (κ2) is 8.29. The van der Waals surface area contributed by atoms with Gasteiger partial charge in [-0.05, 0) is 43.9 Å². The van der Waals surface area contributed by atoms with E-state index in [0.717, 1.165) is 32.1 Å². The molecule has 3 N–H and O–H groups in total. The van der Waals surface area contributed by atoms with Gasteiger partial charge in [-0.3, -0.25) is 4.79 Å². The van der Waals surface area contributed by atoms with Crippen LogP contribution in [0.25, 0.3) is 0 Å². The van der Waals surface area contributed by atoms with Crippen molar-refractivity contribution >= 4 is 15.9 Å². The first-order chi connectivity index (χ1) is 11.8. The number of carbonyl (C=O) groups is 1. The first kappa shape index (κ1) is 19.9. The molecular formula is C18H29N3O3S. The summed E-state index contributed by atoms with van der Waals surface area (Å²) in [5.74, 6) is -0.299. The largest absolute Gasteiger partial charge is 0.350 e. The monoisotopic (exact) mass is 367 g/mol. The van der Waals surface area contributed by atoms with Crippen molar-refractivity contribution in [3.05, 3.63) is 29.8 Å². The van der Waals surface area contributed by atoms with Gasteiger partial charge in [-0.25, -0.2) is 8.42 Å². The Bertz CT molecular complexity index is 693. The minimum Gasteiger partial charge on any atom is -0.350 e. The molecule has 140 valence electrons. The highest BCUT2D eigenvalue weighted by atomic mass is 32.2. The number of hydrogen-bond donors (Lipinski definition) is 2. The number of hydrogen-bond acceptors (Lipinski definition) is 4. The predicted octanol–water partition coefficient (Wildman–Crippen LogP) is 2.11. The van der Waals surface area contributed by atoms with Crippen LogP contribution in [0.3, 0.4) is 0 Å². The molecule has 6 nitrogen and oxygen atoms in total. The highest BCUT2D eigenvalue weighted by Crippen LogP contribution is 2.21. The van der Waals surface area contributed by atoms with E-state index >= 15 is 0 Å². The number of piperidine rings is 1. The van der Waals surface area contributed by atoms with Gasteiger partial charge in [0.2, 0.25) is 10.0 Å². The fraction of sp³-hybridized carbons (Fsp3) is 0.611. The molecule has 0 aromatic heterocycles. The molecule has 1 heterocycles. The fourth-order valence-corrected chi connectivity index (χ4v) is 4.47. The van der Waals surface area contributed by atoms with Crippen LogP contribution >= 0.6 is 0 Å². The van der Waals surface area contributed by atoms with Gasteiger partial charge in [0.05, 0.1) is 4.90 Å². The minimum absolute atomic E-state index is 0.173. The highest BCUT2D eigenvalue weighted by molar-refractivity contribution is 7.89. The third kappa shape index (κ3) is 4.80. The number of nitrogens with two attached hydrogens (primary N) is 1. The van der Waals surface area contributed by atoms with Gasteiger partial charge in [0.15, 0.2) is 0 Å². The second-order valence-electron chi connectivity index (χ2n) is 6.74. The molecule has 0 aliphatic carbocycles. The van der Waals surface area contributed by atoms with Gasteiger partial charge in [-0.1, -0.05) is 26.3 Å². The Kier molecular flexibility index (Phi) is 6.59. The first-order valence-corrected chi connectivity index (χ1v) is 10.4. The smallest absolute Gasteiger partial charge is 0.251 e. The van der Waals surface area contributed by atoms with Crippen LogP contribution in [0.4, 0.5) is 0 Å². The Morgan fingerprint density at radius 1 is 1.20 bits per heavy atom. The van der Waals surface area contributed by atoms with E-state index in [1.54, 1.807) is 18.2 Å². The van der Waals surface area contributed by atoms with Gasteiger partial charge in [0, 0.05) is 30.7 Å². The molecule has 0 atom stereocenters. The summed E-state index contributed by atoms with van der Waals surface area (Å²) < 4.78 is 27.0. The summed E-state index contributed by atoms with van der Waals surface area (Å²) in [4.78, 5) is 12.6. The van der Waals surface area contributed by atoms with Crippen molar-refractivity contribution in [2.45, 2.75) is 56.4 Å². The van der Waals surface area contributed by atoms with Crippen molar-refractivity contribution in [3.8, 4) is 0 Å². The van der Waals surface area contributed by atoms with Gasteiger partial charge in [0.25, 0.3) is 5.91 Å². The van der Waals surface area contributed by atoms with E-state index in [1.165, 1.54) is 10.4 Å². The molecule has 7 heteroatoms. The molecule has 0 unspecified atom stereocenters. The summed E-state index contributed by atoms with van der Waals surface area (Å²) in [7, 11) is -3.54. The minimum atomic E-state index is -3.54. The Morgan fingerprint density at radius 2 is 1.84 bits per heavy atom. The van der Waals surface area contributed by atoms with Crippen LogP contribution < -0.4 is 11.1 Å². The Balaban J connectivity index is 2.14. The van der Waals surface area contributed by atoms with Gasteiger partial charge < -0.3 is 11.1 Å². The van der Waals surface area contributed by atoms with Gasteiger partial charge in [0.1, 0.15) is 0 Å². The van der Waals surface area contributed by atoms with Crippen molar-refractivity contribution in [3.63, 3.8) is 0 Å². The summed E-state index contributed by atoms with van der Waals surface area (Å²) in [5.41, 5.74) is 6.11. The zero-order chi connectivity index (χ0) is 18.5. The quantitative estimate of drug-likeness (QED) is 0.772. The molecule has 1 fully saturated rings. The second-order valence-corrected chi connectivity index (χ2v) is 8.68. The van der Waals surface area contributed by atoms with Crippen molar-refractivity contribution in [2.24, 2.45) is 5.73 Å². The number of carbonyl (C=O) groups excluding carboxylic acids is 1. The molecule has 1 aromatic carbocycles. The average Bonchev–Trinajstić information content (AvgIpc) is 2.66. The third-order valence-corrected chi connectivity index (χ3v) is 6.95. The third-order valence-electron chi connectivity index (χ3n) is 5.06. The number of nitrogens with one attached hydrogen (secondary N) is 1. The molecule has 25 heavy (non-hydrogen) atoms. The maximum absolute atomic E-state index is 12.7. The van der Waals surface area contributed by atoms with E-state index in [4.69, 9.17) is 5.73 Å². The van der Waals surface area contributed by atoms with Crippen LogP contribution in [0.1, 0.15) is 56.3 Å². The summed E-state index contributed by atoms with van der Waals surface area (Å²) >= 11 is 0. The number of nitrogens with zero attached hydrogens (tertiary/aromatic N) is 1. The Labute approximate surface area is 150 Å². The molecule has 2 rings (SSSR count). The van der Waals surface area contributed by atoms with Crippen LogP contribution in [0, 0.1) is 0 Å².